The SMILES string of the molecule is COC(=O)[C@@](OC(C)=O)(C(C)C)[C@@H]1[C@@H](C=C(C)C)C1(C)C. The fourth-order valence-electron chi connectivity index (χ4n) is 3.51. The second-order valence-corrected chi connectivity index (χ2v) is 7.10. The lowest BCUT2D eigenvalue weighted by molar-refractivity contribution is -0.190. The molecule has 0 bridgehead atoms. The van der Waals surface area contributed by atoms with E-state index in [1.807, 2.05) is 27.7 Å². The van der Waals surface area contributed by atoms with Crippen molar-refractivity contribution in [3.63, 3.8) is 0 Å². The zero-order valence-corrected chi connectivity index (χ0v) is 14.4. The molecule has 1 rings (SSSR count). The molecule has 1 fully saturated rings. The summed E-state index contributed by atoms with van der Waals surface area (Å²) >= 11 is 0. The molecule has 0 aliphatic heterocycles. The average molecular weight is 296 g/mol. The summed E-state index contributed by atoms with van der Waals surface area (Å²) in [6.07, 6.45) is 2.16. The second-order valence-electron chi connectivity index (χ2n) is 7.10. The molecule has 0 aromatic heterocycles. The Morgan fingerprint density at radius 2 is 1.71 bits per heavy atom. The normalized spacial score (nSPS) is 25.8. The Hall–Kier alpha value is -1.32. The maximum absolute atomic E-state index is 12.5. The van der Waals surface area contributed by atoms with Crippen molar-refractivity contribution in [3.05, 3.63) is 11.6 Å². The predicted molar refractivity (Wildman–Crippen MR) is 81.5 cm³/mol. The van der Waals surface area contributed by atoms with E-state index in [1.165, 1.54) is 19.6 Å². The molecule has 0 amide bonds. The number of hydrogen-bond donors (Lipinski definition) is 0. The second kappa shape index (κ2) is 5.82. The van der Waals surface area contributed by atoms with Crippen molar-refractivity contribution >= 4 is 11.9 Å². The average Bonchev–Trinajstić information content (AvgIpc) is 2.85. The van der Waals surface area contributed by atoms with Crippen molar-refractivity contribution in [2.24, 2.45) is 23.2 Å². The Kier molecular flexibility index (Phi) is 4.91. The van der Waals surface area contributed by atoms with E-state index in [-0.39, 0.29) is 23.2 Å². The molecule has 21 heavy (non-hydrogen) atoms. The van der Waals surface area contributed by atoms with E-state index in [2.05, 4.69) is 19.9 Å². The largest absolute Gasteiger partial charge is 0.466 e. The standard InChI is InChI=1S/C17H28O4/c1-10(2)9-13-14(16(13,6)7)17(11(3)4,15(19)20-8)21-12(5)18/h9,11,13-14H,1-8H3/t13-,14-,17-/m1/s1. The first-order valence-corrected chi connectivity index (χ1v) is 7.44. The lowest BCUT2D eigenvalue weighted by Gasteiger charge is -2.35. The number of rotatable bonds is 5. The molecule has 0 saturated heterocycles. The van der Waals surface area contributed by atoms with Crippen molar-refractivity contribution in [3.8, 4) is 0 Å². The first-order chi connectivity index (χ1) is 9.51. The van der Waals surface area contributed by atoms with Gasteiger partial charge in [-0.05, 0) is 25.2 Å². The topological polar surface area (TPSA) is 52.6 Å². The number of esters is 2. The Morgan fingerprint density at radius 1 is 1.19 bits per heavy atom. The van der Waals surface area contributed by atoms with Gasteiger partial charge in [0.2, 0.25) is 5.60 Å². The zero-order chi connectivity index (χ0) is 16.6. The molecule has 4 nitrogen and oxygen atoms in total. The van der Waals surface area contributed by atoms with Gasteiger partial charge < -0.3 is 9.47 Å². The highest BCUT2D eigenvalue weighted by Crippen LogP contribution is 2.66. The van der Waals surface area contributed by atoms with Crippen LogP contribution in [0.1, 0.15) is 48.5 Å². The highest BCUT2D eigenvalue weighted by atomic mass is 16.6. The van der Waals surface area contributed by atoms with Crippen molar-refractivity contribution in [2.75, 3.05) is 7.11 Å². The van der Waals surface area contributed by atoms with Crippen LogP contribution in [0, 0.1) is 23.2 Å². The molecule has 3 atom stereocenters. The summed E-state index contributed by atoms with van der Waals surface area (Å²) in [6.45, 7) is 13.4. The molecule has 0 spiro atoms. The van der Waals surface area contributed by atoms with E-state index < -0.39 is 17.5 Å². The number of ether oxygens (including phenoxy) is 2. The minimum absolute atomic E-state index is 0.0729. The summed E-state index contributed by atoms with van der Waals surface area (Å²) in [5, 5.41) is 0. The smallest absolute Gasteiger partial charge is 0.350 e. The van der Waals surface area contributed by atoms with Gasteiger partial charge in [0.15, 0.2) is 0 Å². The molecule has 1 aliphatic rings. The summed E-state index contributed by atoms with van der Waals surface area (Å²) in [6, 6.07) is 0. The predicted octanol–water partition coefficient (Wildman–Crippen LogP) is 3.36. The minimum atomic E-state index is -1.22. The maximum Gasteiger partial charge on any atom is 0.350 e. The van der Waals surface area contributed by atoms with Crippen LogP contribution in [0.4, 0.5) is 0 Å². The molecule has 0 unspecified atom stereocenters. The van der Waals surface area contributed by atoms with Crippen LogP contribution in [0.15, 0.2) is 11.6 Å². The number of carbonyl (C=O) groups excluding carboxylic acids is 2. The fraction of sp³-hybridized carbons (Fsp3) is 0.765. The molecule has 0 aromatic carbocycles. The Labute approximate surface area is 127 Å². The van der Waals surface area contributed by atoms with Gasteiger partial charge in [-0.1, -0.05) is 39.3 Å². The van der Waals surface area contributed by atoms with Gasteiger partial charge in [0.1, 0.15) is 0 Å². The first kappa shape index (κ1) is 17.7. The van der Waals surface area contributed by atoms with E-state index in [0.29, 0.717) is 0 Å². The molecule has 1 saturated carbocycles. The lowest BCUT2D eigenvalue weighted by atomic mass is 9.81. The van der Waals surface area contributed by atoms with Gasteiger partial charge in [-0.25, -0.2) is 4.79 Å². The monoisotopic (exact) mass is 296 g/mol. The van der Waals surface area contributed by atoms with E-state index in [9.17, 15) is 9.59 Å². The van der Waals surface area contributed by atoms with Crippen LogP contribution >= 0.6 is 0 Å². The third-order valence-corrected chi connectivity index (χ3v) is 4.56. The Bertz CT molecular complexity index is 457. The van der Waals surface area contributed by atoms with Crippen LogP contribution < -0.4 is 0 Å². The van der Waals surface area contributed by atoms with Gasteiger partial charge in [0.25, 0.3) is 0 Å². The quantitative estimate of drug-likeness (QED) is 0.576. The van der Waals surface area contributed by atoms with E-state index >= 15 is 0 Å². The molecule has 120 valence electrons. The summed E-state index contributed by atoms with van der Waals surface area (Å²) in [5.41, 5.74) is -0.132. The zero-order valence-electron chi connectivity index (χ0n) is 14.4. The van der Waals surface area contributed by atoms with Crippen LogP contribution in [0.5, 0.6) is 0 Å². The number of allylic oxidation sites excluding steroid dienone is 2. The molecular formula is C17H28O4. The van der Waals surface area contributed by atoms with Gasteiger partial charge in [-0.15, -0.1) is 0 Å². The van der Waals surface area contributed by atoms with Crippen molar-refractivity contribution < 1.29 is 19.1 Å². The van der Waals surface area contributed by atoms with E-state index in [0.717, 1.165) is 0 Å². The van der Waals surface area contributed by atoms with Gasteiger partial charge in [0, 0.05) is 18.8 Å². The van der Waals surface area contributed by atoms with Gasteiger partial charge in [-0.3, -0.25) is 4.79 Å². The summed E-state index contributed by atoms with van der Waals surface area (Å²) < 4.78 is 10.6. The Balaban J connectivity index is 3.34. The van der Waals surface area contributed by atoms with E-state index in [4.69, 9.17) is 9.47 Å². The van der Waals surface area contributed by atoms with Crippen molar-refractivity contribution in [2.45, 2.75) is 54.1 Å². The summed E-state index contributed by atoms with van der Waals surface area (Å²) in [7, 11) is 1.34. The summed E-state index contributed by atoms with van der Waals surface area (Å²) in [5.74, 6) is -0.948. The first-order valence-electron chi connectivity index (χ1n) is 7.44. The number of carbonyl (C=O) groups is 2. The van der Waals surface area contributed by atoms with Crippen LogP contribution in [0.3, 0.4) is 0 Å². The molecule has 0 radical (unpaired) electrons. The van der Waals surface area contributed by atoms with Crippen LogP contribution in [-0.2, 0) is 19.1 Å². The summed E-state index contributed by atoms with van der Waals surface area (Å²) in [4.78, 5) is 24.1. The number of hydrogen-bond acceptors (Lipinski definition) is 4. The third-order valence-electron chi connectivity index (χ3n) is 4.56. The van der Waals surface area contributed by atoms with Gasteiger partial charge in [0.05, 0.1) is 7.11 Å². The number of methoxy groups -OCH3 is 1. The van der Waals surface area contributed by atoms with Crippen LogP contribution in [0.25, 0.3) is 0 Å². The van der Waals surface area contributed by atoms with Crippen molar-refractivity contribution in [1.29, 1.82) is 0 Å². The highest BCUT2D eigenvalue weighted by Gasteiger charge is 2.71. The molecule has 1 aliphatic carbocycles. The molecule has 0 heterocycles. The maximum atomic E-state index is 12.5. The molecular weight excluding hydrogens is 268 g/mol. The highest BCUT2D eigenvalue weighted by molar-refractivity contribution is 5.84. The fourth-order valence-corrected chi connectivity index (χ4v) is 3.51. The van der Waals surface area contributed by atoms with Gasteiger partial charge >= 0.3 is 11.9 Å². The third kappa shape index (κ3) is 2.99. The molecule has 4 heteroatoms. The minimum Gasteiger partial charge on any atom is -0.466 e. The Morgan fingerprint density at radius 3 is 2.05 bits per heavy atom. The van der Waals surface area contributed by atoms with Crippen molar-refractivity contribution in [1.82, 2.24) is 0 Å². The van der Waals surface area contributed by atoms with Gasteiger partial charge in [-0.2, -0.15) is 0 Å². The molecule has 0 aromatic rings. The van der Waals surface area contributed by atoms with E-state index in [1.54, 1.807) is 0 Å². The van der Waals surface area contributed by atoms with Crippen LogP contribution in [-0.4, -0.2) is 24.6 Å². The lowest BCUT2D eigenvalue weighted by Crippen LogP contribution is -2.51. The molecule has 0 N–H and O–H groups in total. The van der Waals surface area contributed by atoms with Crippen LogP contribution in [0.2, 0.25) is 0 Å².